The molecule has 1 aliphatic rings. The van der Waals surface area contributed by atoms with E-state index in [1.807, 2.05) is 106 Å². The number of Topliss-reactive ketones (excluding diaryl/α,β-unsaturated/α-hetero) is 1. The number of carbonyl (C=O) groups excluding carboxylic acids is 4. The summed E-state index contributed by atoms with van der Waals surface area (Å²) in [6.45, 7) is 7.88. The number of nitrogens with one attached hydrogen (secondary N) is 3. The highest BCUT2D eigenvalue weighted by Gasteiger charge is 2.50. The first kappa shape index (κ1) is 35.9. The van der Waals surface area contributed by atoms with Gasteiger partial charge in [0.25, 0.3) is 0 Å². The van der Waals surface area contributed by atoms with Crippen molar-refractivity contribution < 1.29 is 23.9 Å². The lowest BCUT2D eigenvalue weighted by Gasteiger charge is -2.27. The summed E-state index contributed by atoms with van der Waals surface area (Å²) < 4.78 is 5.39. The third-order valence-corrected chi connectivity index (χ3v) is 8.31. The number of ketones is 1. The highest BCUT2D eigenvalue weighted by atomic mass is 16.6. The van der Waals surface area contributed by atoms with Crippen molar-refractivity contribution in [2.75, 3.05) is 6.61 Å². The van der Waals surface area contributed by atoms with Crippen molar-refractivity contribution in [1.82, 2.24) is 16.0 Å². The maximum atomic E-state index is 14.1. The zero-order valence-corrected chi connectivity index (χ0v) is 27.9. The second kappa shape index (κ2) is 16.7. The normalized spacial score (nSPS) is 17.6. The van der Waals surface area contributed by atoms with Crippen LogP contribution in [0.5, 0.6) is 0 Å². The van der Waals surface area contributed by atoms with Crippen LogP contribution in [0.1, 0.15) is 49.4 Å². The number of benzene rings is 3. The Hall–Kier alpha value is -4.99. The van der Waals surface area contributed by atoms with Crippen molar-refractivity contribution in [2.24, 2.45) is 11.0 Å². The topological polar surface area (TPSA) is 166 Å². The first-order chi connectivity index (χ1) is 23.0. The molecule has 0 radical (unpaired) electrons. The number of ether oxygens (including phenoxy) is 1. The SMILES string of the molecule is Cc1ccc(C[C@H](NC(=O)C(Cc2ccccc2)N=[N+]=[N-])C(=O)N[C@@H](Cc2ccccc2)C(=O)N[C@@H](CC(C)C)C(=O)[C@@]2(C)CO2)cc1. The van der Waals surface area contributed by atoms with Crippen molar-refractivity contribution in [3.8, 4) is 0 Å². The number of carbonyl (C=O) groups is 4. The molecular formula is C37H44N6O5. The molecule has 1 heterocycles. The van der Waals surface area contributed by atoms with Crippen LogP contribution in [0, 0.1) is 12.8 Å². The van der Waals surface area contributed by atoms with Crippen LogP contribution >= 0.6 is 0 Å². The van der Waals surface area contributed by atoms with Gasteiger partial charge < -0.3 is 20.7 Å². The van der Waals surface area contributed by atoms with E-state index in [9.17, 15) is 24.7 Å². The lowest BCUT2D eigenvalue weighted by molar-refractivity contribution is -0.134. The van der Waals surface area contributed by atoms with Gasteiger partial charge in [0.2, 0.25) is 17.7 Å². The standard InChI is InChI=1S/C37H44N6O5/c1-24(2)19-29(33(44)37(4)23-48-37)39-34(45)30(20-26-11-7-5-8-12-26)40-35(46)31(21-28-17-15-25(3)16-18-28)41-36(47)32(42-43-38)22-27-13-9-6-10-14-27/h5-18,24,29-32H,19-23H2,1-4H3,(H,39,45)(H,40,46)(H,41,47)/t29-,30-,31-,32?,37+/m0/s1. The Bertz CT molecular complexity index is 1600. The third kappa shape index (κ3) is 10.5. The van der Waals surface area contributed by atoms with Crippen LogP contribution in [0.3, 0.4) is 0 Å². The number of epoxide rings is 1. The Morgan fingerprint density at radius 1 is 0.750 bits per heavy atom. The van der Waals surface area contributed by atoms with Gasteiger partial charge in [0.05, 0.1) is 12.6 Å². The number of nitrogens with zero attached hydrogens (tertiary/aromatic N) is 3. The van der Waals surface area contributed by atoms with Crippen LogP contribution in [0.15, 0.2) is 90.0 Å². The van der Waals surface area contributed by atoms with E-state index in [1.165, 1.54) is 0 Å². The summed E-state index contributed by atoms with van der Waals surface area (Å²) in [4.78, 5) is 57.7. The molecule has 3 aromatic rings. The molecule has 1 aliphatic heterocycles. The molecule has 0 bridgehead atoms. The van der Waals surface area contributed by atoms with Gasteiger partial charge in [-0.15, -0.1) is 0 Å². The molecule has 3 N–H and O–H groups in total. The lowest BCUT2D eigenvalue weighted by atomic mass is 9.93. The van der Waals surface area contributed by atoms with Crippen LogP contribution in [-0.2, 0) is 43.2 Å². The van der Waals surface area contributed by atoms with Gasteiger partial charge in [-0.25, -0.2) is 0 Å². The molecule has 0 spiro atoms. The van der Waals surface area contributed by atoms with E-state index in [4.69, 9.17) is 4.74 Å². The molecule has 1 unspecified atom stereocenters. The van der Waals surface area contributed by atoms with Crippen molar-refractivity contribution in [2.45, 2.75) is 83.1 Å². The molecule has 48 heavy (non-hydrogen) atoms. The van der Waals surface area contributed by atoms with Gasteiger partial charge in [0, 0.05) is 17.8 Å². The van der Waals surface area contributed by atoms with Crippen LogP contribution in [-0.4, -0.2) is 59.9 Å². The zero-order valence-electron chi connectivity index (χ0n) is 27.9. The van der Waals surface area contributed by atoms with Crippen LogP contribution in [0.2, 0.25) is 0 Å². The Balaban J connectivity index is 1.59. The number of hydrogen-bond donors (Lipinski definition) is 3. The van der Waals surface area contributed by atoms with Crippen molar-refractivity contribution in [3.05, 3.63) is 118 Å². The highest BCUT2D eigenvalue weighted by Crippen LogP contribution is 2.29. The molecule has 0 saturated carbocycles. The molecule has 0 aliphatic carbocycles. The smallest absolute Gasteiger partial charge is 0.243 e. The summed E-state index contributed by atoms with van der Waals surface area (Å²) >= 11 is 0. The number of aryl methyl sites for hydroxylation is 1. The summed E-state index contributed by atoms with van der Waals surface area (Å²) in [6.07, 6.45) is 0.817. The second-order valence-corrected chi connectivity index (χ2v) is 13.0. The van der Waals surface area contributed by atoms with Gasteiger partial charge >= 0.3 is 0 Å². The highest BCUT2D eigenvalue weighted by molar-refractivity contribution is 5.98. The van der Waals surface area contributed by atoms with E-state index in [0.717, 1.165) is 22.3 Å². The lowest BCUT2D eigenvalue weighted by Crippen LogP contribution is -2.58. The summed E-state index contributed by atoms with van der Waals surface area (Å²) in [6, 6.07) is 21.8. The molecule has 4 rings (SSSR count). The fraction of sp³-hybridized carbons (Fsp3) is 0.405. The molecule has 11 nitrogen and oxygen atoms in total. The molecule has 3 amide bonds. The predicted octanol–water partition coefficient (Wildman–Crippen LogP) is 4.56. The second-order valence-electron chi connectivity index (χ2n) is 13.0. The zero-order chi connectivity index (χ0) is 34.7. The summed E-state index contributed by atoms with van der Waals surface area (Å²) in [5, 5.41) is 12.3. The largest absolute Gasteiger partial charge is 0.361 e. The van der Waals surface area contributed by atoms with Crippen LogP contribution < -0.4 is 16.0 Å². The van der Waals surface area contributed by atoms with Crippen LogP contribution in [0.4, 0.5) is 0 Å². The van der Waals surface area contributed by atoms with Crippen molar-refractivity contribution in [3.63, 3.8) is 0 Å². The molecule has 5 atom stereocenters. The number of amides is 3. The van der Waals surface area contributed by atoms with E-state index in [1.54, 1.807) is 6.92 Å². The summed E-state index contributed by atoms with van der Waals surface area (Å²) in [7, 11) is 0. The molecule has 3 aromatic carbocycles. The molecule has 1 fully saturated rings. The molecular weight excluding hydrogens is 608 g/mol. The van der Waals surface area contributed by atoms with Gasteiger partial charge in [0.1, 0.15) is 23.7 Å². The van der Waals surface area contributed by atoms with Gasteiger partial charge in [0.15, 0.2) is 5.78 Å². The van der Waals surface area contributed by atoms with Crippen molar-refractivity contribution in [1.29, 1.82) is 0 Å². The number of hydrogen-bond acceptors (Lipinski definition) is 6. The average molecular weight is 653 g/mol. The Kier molecular flexibility index (Phi) is 12.5. The minimum Gasteiger partial charge on any atom is -0.361 e. The fourth-order valence-corrected chi connectivity index (χ4v) is 5.45. The monoisotopic (exact) mass is 652 g/mol. The Labute approximate surface area is 281 Å². The fourth-order valence-electron chi connectivity index (χ4n) is 5.45. The first-order valence-corrected chi connectivity index (χ1v) is 16.2. The summed E-state index contributed by atoms with van der Waals surface area (Å²) in [5.74, 6) is -1.83. The number of azide groups is 1. The van der Waals surface area contributed by atoms with E-state index in [-0.39, 0.29) is 31.0 Å². The predicted molar refractivity (Wildman–Crippen MR) is 183 cm³/mol. The molecule has 1 saturated heterocycles. The minimum atomic E-state index is -1.11. The Morgan fingerprint density at radius 2 is 1.21 bits per heavy atom. The quantitative estimate of drug-likeness (QED) is 0.0841. The molecule has 11 heteroatoms. The van der Waals surface area contributed by atoms with E-state index in [0.29, 0.717) is 13.0 Å². The first-order valence-electron chi connectivity index (χ1n) is 16.2. The Morgan fingerprint density at radius 3 is 1.69 bits per heavy atom. The van der Waals surface area contributed by atoms with Crippen molar-refractivity contribution >= 4 is 23.5 Å². The van der Waals surface area contributed by atoms with Gasteiger partial charge in [-0.1, -0.05) is 109 Å². The van der Waals surface area contributed by atoms with E-state index >= 15 is 0 Å². The summed E-state index contributed by atoms with van der Waals surface area (Å²) in [5.41, 5.74) is 11.7. The third-order valence-electron chi connectivity index (χ3n) is 8.31. The average Bonchev–Trinajstić information content (AvgIpc) is 3.83. The van der Waals surface area contributed by atoms with Gasteiger partial charge in [-0.05, 0) is 54.8 Å². The molecule has 252 valence electrons. The van der Waals surface area contributed by atoms with Crippen LogP contribution in [0.25, 0.3) is 10.4 Å². The maximum absolute atomic E-state index is 14.1. The number of rotatable bonds is 17. The van der Waals surface area contributed by atoms with Gasteiger partial charge in [-0.3, -0.25) is 19.2 Å². The maximum Gasteiger partial charge on any atom is 0.243 e. The van der Waals surface area contributed by atoms with Gasteiger partial charge in [-0.2, -0.15) is 0 Å². The minimum absolute atomic E-state index is 0.109. The van der Waals surface area contributed by atoms with E-state index in [2.05, 4.69) is 26.0 Å². The van der Waals surface area contributed by atoms with E-state index < -0.39 is 47.5 Å². The molecule has 0 aromatic heterocycles.